The van der Waals surface area contributed by atoms with Gasteiger partial charge in [-0.1, -0.05) is 13.0 Å². The molecule has 2 atom stereocenters. The number of nitrogens with zero attached hydrogens (tertiary/aromatic N) is 1. The fraction of sp³-hybridized carbons (Fsp3) is 0.455. The second-order valence-corrected chi connectivity index (χ2v) is 5.58. The van der Waals surface area contributed by atoms with E-state index in [1.54, 1.807) is 19.3 Å². The van der Waals surface area contributed by atoms with Crippen molar-refractivity contribution in [1.82, 2.24) is 4.98 Å². The first-order chi connectivity index (χ1) is 7.59. The third kappa shape index (κ3) is 4.53. The minimum Gasteiger partial charge on any atom is -0.481 e. The van der Waals surface area contributed by atoms with Crippen molar-refractivity contribution < 1.29 is 14.1 Å². The van der Waals surface area contributed by atoms with Gasteiger partial charge in [0.2, 0.25) is 0 Å². The van der Waals surface area contributed by atoms with Crippen molar-refractivity contribution in [2.45, 2.75) is 25.0 Å². The van der Waals surface area contributed by atoms with E-state index >= 15 is 0 Å². The fourth-order valence-corrected chi connectivity index (χ4v) is 2.47. The largest absolute Gasteiger partial charge is 0.481 e. The van der Waals surface area contributed by atoms with Crippen LogP contribution in [0.2, 0.25) is 0 Å². The Morgan fingerprint density at radius 3 is 2.94 bits per heavy atom. The molecule has 0 amide bonds. The van der Waals surface area contributed by atoms with E-state index in [-0.39, 0.29) is 11.7 Å². The van der Waals surface area contributed by atoms with Crippen LogP contribution in [-0.2, 0) is 22.0 Å². The van der Waals surface area contributed by atoms with Crippen LogP contribution in [0, 0.1) is 0 Å². The molecule has 1 rings (SSSR count). The average Bonchev–Trinajstić information content (AvgIpc) is 2.26. The summed E-state index contributed by atoms with van der Waals surface area (Å²) in [5.41, 5.74) is 1.03. The van der Waals surface area contributed by atoms with Crippen LogP contribution in [0.15, 0.2) is 24.5 Å². The molecule has 88 valence electrons. The molecule has 1 N–H and O–H groups in total. The summed E-state index contributed by atoms with van der Waals surface area (Å²) in [4.78, 5) is 14.4. The van der Waals surface area contributed by atoms with E-state index in [1.807, 2.05) is 12.1 Å². The van der Waals surface area contributed by atoms with Gasteiger partial charge in [-0.05, 0) is 18.1 Å². The van der Waals surface area contributed by atoms with Gasteiger partial charge in [0.05, 0.1) is 6.42 Å². The van der Waals surface area contributed by atoms with Gasteiger partial charge in [-0.2, -0.15) is 0 Å². The fourth-order valence-electron chi connectivity index (χ4n) is 1.30. The van der Waals surface area contributed by atoms with Gasteiger partial charge in [0.1, 0.15) is 0 Å². The maximum absolute atomic E-state index is 11.7. The van der Waals surface area contributed by atoms with Crippen molar-refractivity contribution in [1.29, 1.82) is 0 Å². The lowest BCUT2D eigenvalue weighted by molar-refractivity contribution is -0.136. The summed E-state index contributed by atoms with van der Waals surface area (Å²) in [6.45, 7) is 1.70. The van der Waals surface area contributed by atoms with Crippen molar-refractivity contribution in [2.75, 3.05) is 5.75 Å². The Labute approximate surface area is 97.2 Å². The van der Waals surface area contributed by atoms with Crippen LogP contribution < -0.4 is 0 Å². The first kappa shape index (κ1) is 12.8. The average molecular weight is 241 g/mol. The molecule has 16 heavy (non-hydrogen) atoms. The normalized spacial score (nSPS) is 14.3. The van der Waals surface area contributed by atoms with Crippen LogP contribution in [0.1, 0.15) is 18.9 Å². The van der Waals surface area contributed by atoms with Crippen LogP contribution in [0.5, 0.6) is 0 Å². The molecule has 0 aliphatic heterocycles. The third-order valence-electron chi connectivity index (χ3n) is 2.23. The van der Waals surface area contributed by atoms with Gasteiger partial charge in [-0.25, -0.2) is 0 Å². The highest BCUT2D eigenvalue weighted by atomic mass is 32.2. The van der Waals surface area contributed by atoms with Crippen molar-refractivity contribution in [2.24, 2.45) is 0 Å². The molecule has 0 saturated carbocycles. The molecular weight excluding hydrogens is 226 g/mol. The zero-order valence-corrected chi connectivity index (χ0v) is 9.94. The predicted molar refractivity (Wildman–Crippen MR) is 62.7 cm³/mol. The smallest absolute Gasteiger partial charge is 0.304 e. The minimum atomic E-state index is -1.09. The lowest BCUT2D eigenvalue weighted by Crippen LogP contribution is -2.19. The molecule has 0 saturated heterocycles. The number of rotatable bonds is 6. The maximum atomic E-state index is 11.7. The summed E-state index contributed by atoms with van der Waals surface area (Å²) in [5.74, 6) is -0.414. The number of carboxylic acids is 1. The molecule has 5 heteroatoms. The number of carbonyl (C=O) groups is 1. The summed E-state index contributed by atoms with van der Waals surface area (Å²) in [6, 6.07) is 3.75. The predicted octanol–water partition coefficient (Wildman–Crippen LogP) is 1.24. The van der Waals surface area contributed by atoms with Gasteiger partial charge in [0.25, 0.3) is 0 Å². The number of carboxylic acid groups (broad SMARTS) is 1. The Kier molecular flexibility index (Phi) is 5.11. The summed E-state index contributed by atoms with van der Waals surface area (Å²) in [6.07, 6.45) is 4.05. The summed E-state index contributed by atoms with van der Waals surface area (Å²) in [7, 11) is -1.09. The van der Waals surface area contributed by atoms with E-state index in [0.29, 0.717) is 12.2 Å². The number of hydrogen-bond acceptors (Lipinski definition) is 3. The van der Waals surface area contributed by atoms with E-state index in [1.165, 1.54) is 0 Å². The van der Waals surface area contributed by atoms with Gasteiger partial charge in [-0.3, -0.25) is 14.0 Å². The summed E-state index contributed by atoms with van der Waals surface area (Å²) < 4.78 is 11.7. The van der Waals surface area contributed by atoms with Crippen molar-refractivity contribution >= 4 is 16.8 Å². The molecule has 0 spiro atoms. The topological polar surface area (TPSA) is 67.3 Å². The Balaban J connectivity index is 2.38. The standard InChI is InChI=1S/C11H15NO3S/c1-9(7-11(13)14)16(15)6-4-10-3-2-5-12-8-10/h2-3,5,8-9H,4,6-7H2,1H3,(H,13,14). The number of aryl methyl sites for hydroxylation is 1. The third-order valence-corrected chi connectivity index (χ3v) is 3.90. The molecule has 0 aliphatic rings. The lowest BCUT2D eigenvalue weighted by atomic mass is 10.2. The first-order valence-electron chi connectivity index (χ1n) is 5.07. The number of hydrogen-bond donors (Lipinski definition) is 1. The van der Waals surface area contributed by atoms with Gasteiger partial charge in [0.15, 0.2) is 0 Å². The van der Waals surface area contributed by atoms with Crippen LogP contribution in [0.4, 0.5) is 0 Å². The quantitative estimate of drug-likeness (QED) is 0.813. The number of pyridine rings is 1. The molecule has 2 unspecified atom stereocenters. The molecule has 1 aromatic rings. The molecule has 0 bridgehead atoms. The Morgan fingerprint density at radius 2 is 2.38 bits per heavy atom. The number of aromatic nitrogens is 1. The van der Waals surface area contributed by atoms with Gasteiger partial charge in [-0.15, -0.1) is 0 Å². The highest BCUT2D eigenvalue weighted by molar-refractivity contribution is 7.85. The molecule has 4 nitrogen and oxygen atoms in total. The van der Waals surface area contributed by atoms with E-state index < -0.39 is 16.8 Å². The zero-order valence-electron chi connectivity index (χ0n) is 9.13. The summed E-state index contributed by atoms with van der Waals surface area (Å²) >= 11 is 0. The highest BCUT2D eigenvalue weighted by Gasteiger charge is 2.14. The Bertz CT molecular complexity index is 367. The van der Waals surface area contributed by atoms with Crippen LogP contribution in [-0.4, -0.2) is 31.3 Å². The minimum absolute atomic E-state index is 0.0420. The second kappa shape index (κ2) is 6.37. The molecular formula is C11H15NO3S. The maximum Gasteiger partial charge on any atom is 0.304 e. The van der Waals surface area contributed by atoms with Crippen LogP contribution >= 0.6 is 0 Å². The number of aliphatic carboxylic acids is 1. The van der Waals surface area contributed by atoms with Gasteiger partial charge in [0, 0.05) is 34.2 Å². The van der Waals surface area contributed by atoms with E-state index in [2.05, 4.69) is 4.98 Å². The molecule has 0 aromatic carbocycles. The van der Waals surface area contributed by atoms with Crippen molar-refractivity contribution in [3.05, 3.63) is 30.1 Å². The first-order valence-corrected chi connectivity index (χ1v) is 6.45. The second-order valence-electron chi connectivity index (χ2n) is 3.60. The molecule has 0 radical (unpaired) electrons. The van der Waals surface area contributed by atoms with E-state index in [0.717, 1.165) is 5.56 Å². The lowest BCUT2D eigenvalue weighted by Gasteiger charge is -2.08. The van der Waals surface area contributed by atoms with Crippen molar-refractivity contribution in [3.63, 3.8) is 0 Å². The monoisotopic (exact) mass is 241 g/mol. The molecule has 1 heterocycles. The summed E-state index contributed by atoms with van der Waals surface area (Å²) in [5, 5.41) is 8.28. The Morgan fingerprint density at radius 1 is 1.62 bits per heavy atom. The van der Waals surface area contributed by atoms with Crippen LogP contribution in [0.25, 0.3) is 0 Å². The van der Waals surface area contributed by atoms with E-state index in [4.69, 9.17) is 5.11 Å². The van der Waals surface area contributed by atoms with E-state index in [9.17, 15) is 9.00 Å². The highest BCUT2D eigenvalue weighted by Crippen LogP contribution is 2.05. The molecule has 1 aromatic heterocycles. The zero-order chi connectivity index (χ0) is 12.0. The van der Waals surface area contributed by atoms with Gasteiger partial charge < -0.3 is 5.11 Å². The van der Waals surface area contributed by atoms with Crippen LogP contribution in [0.3, 0.4) is 0 Å². The molecule has 0 aliphatic carbocycles. The Hall–Kier alpha value is -1.23. The van der Waals surface area contributed by atoms with Crippen molar-refractivity contribution in [3.8, 4) is 0 Å². The van der Waals surface area contributed by atoms with Gasteiger partial charge >= 0.3 is 5.97 Å². The molecule has 0 fully saturated rings. The SMILES string of the molecule is CC(CC(=O)O)S(=O)CCc1cccnc1.